The maximum Gasteiger partial charge on any atom is 0.0688 e. The van der Waals surface area contributed by atoms with E-state index in [2.05, 4.69) is 80.4 Å². The molecule has 1 aliphatic rings. The summed E-state index contributed by atoms with van der Waals surface area (Å²) in [6.07, 6.45) is 0. The van der Waals surface area contributed by atoms with E-state index >= 15 is 0 Å². The quantitative estimate of drug-likeness (QED) is 0.531. The summed E-state index contributed by atoms with van der Waals surface area (Å²) in [5, 5.41) is 0. The molecule has 0 amide bonds. The molecule has 0 N–H and O–H groups in total. The monoisotopic (exact) mass is 334 g/mol. The highest BCUT2D eigenvalue weighted by atomic mass is 79.9. The van der Waals surface area contributed by atoms with Crippen molar-refractivity contribution in [2.45, 2.75) is 0 Å². The van der Waals surface area contributed by atoms with Gasteiger partial charge < -0.3 is 0 Å². The van der Waals surface area contributed by atoms with Crippen LogP contribution in [0.1, 0.15) is 11.1 Å². The predicted octanol–water partition coefficient (Wildman–Crippen LogP) is 5.17. The third kappa shape index (κ3) is 1.40. The van der Waals surface area contributed by atoms with Crippen molar-refractivity contribution in [2.24, 2.45) is 0 Å². The van der Waals surface area contributed by atoms with Crippen molar-refractivity contribution in [2.75, 3.05) is 0 Å². The first kappa shape index (κ1) is 10.3. The van der Waals surface area contributed by atoms with Crippen molar-refractivity contribution in [1.82, 2.24) is 0 Å². The van der Waals surface area contributed by atoms with Gasteiger partial charge in [0.05, 0.1) is 3.39 Å². The SMILES string of the molecule is BrC(Br)=C1c2ccccc2-c2ccccc21. The van der Waals surface area contributed by atoms with Crippen LogP contribution in [0.4, 0.5) is 0 Å². The van der Waals surface area contributed by atoms with E-state index in [1.54, 1.807) is 0 Å². The number of rotatable bonds is 0. The van der Waals surface area contributed by atoms with Crippen LogP contribution in [0.25, 0.3) is 16.7 Å². The molecule has 16 heavy (non-hydrogen) atoms. The van der Waals surface area contributed by atoms with Crippen molar-refractivity contribution in [3.05, 3.63) is 63.0 Å². The fraction of sp³-hybridized carbons (Fsp3) is 0. The molecule has 3 rings (SSSR count). The highest BCUT2D eigenvalue weighted by molar-refractivity contribution is 9.28. The topological polar surface area (TPSA) is 0 Å². The molecule has 2 aromatic carbocycles. The van der Waals surface area contributed by atoms with E-state index in [4.69, 9.17) is 0 Å². The molecular formula is C14H8Br2. The minimum absolute atomic E-state index is 1.01. The van der Waals surface area contributed by atoms with Crippen LogP contribution in [0, 0.1) is 0 Å². The van der Waals surface area contributed by atoms with Gasteiger partial charge in [-0.2, -0.15) is 0 Å². The first-order valence-corrected chi connectivity index (χ1v) is 6.62. The fourth-order valence-electron chi connectivity index (χ4n) is 2.22. The zero-order chi connectivity index (χ0) is 11.1. The zero-order valence-electron chi connectivity index (χ0n) is 8.37. The van der Waals surface area contributed by atoms with Crippen molar-refractivity contribution in [3.63, 3.8) is 0 Å². The van der Waals surface area contributed by atoms with Crippen LogP contribution in [-0.2, 0) is 0 Å². The van der Waals surface area contributed by atoms with E-state index in [0.29, 0.717) is 0 Å². The standard InChI is InChI=1S/C14H8Br2/c15-14(16)13-11-7-3-1-5-9(11)10-6-2-4-8-12(10)13/h1-8H. The maximum absolute atomic E-state index is 3.54. The third-order valence-corrected chi connectivity index (χ3v) is 3.66. The van der Waals surface area contributed by atoms with Crippen LogP contribution in [0.15, 0.2) is 51.9 Å². The molecule has 0 nitrogen and oxygen atoms in total. The van der Waals surface area contributed by atoms with Crippen LogP contribution < -0.4 is 0 Å². The third-order valence-electron chi connectivity index (χ3n) is 2.87. The summed E-state index contributed by atoms with van der Waals surface area (Å²) in [5.41, 5.74) is 6.43. The van der Waals surface area contributed by atoms with E-state index in [9.17, 15) is 0 Å². The lowest BCUT2D eigenvalue weighted by Crippen LogP contribution is -1.80. The largest absolute Gasteiger partial charge is 0.0688 e. The van der Waals surface area contributed by atoms with Gasteiger partial charge in [-0.05, 0) is 54.1 Å². The summed E-state index contributed by atoms with van der Waals surface area (Å²) in [5.74, 6) is 0. The molecule has 0 spiro atoms. The molecule has 1 aliphatic carbocycles. The summed E-state index contributed by atoms with van der Waals surface area (Å²) in [6.45, 7) is 0. The van der Waals surface area contributed by atoms with Crippen LogP contribution in [-0.4, -0.2) is 0 Å². The second kappa shape index (κ2) is 3.86. The average molecular weight is 336 g/mol. The van der Waals surface area contributed by atoms with Crippen LogP contribution >= 0.6 is 31.9 Å². The number of benzene rings is 2. The van der Waals surface area contributed by atoms with Gasteiger partial charge in [0.2, 0.25) is 0 Å². The molecular weight excluding hydrogens is 328 g/mol. The second-order valence-electron chi connectivity index (χ2n) is 3.73. The summed E-state index contributed by atoms with van der Waals surface area (Å²) < 4.78 is 1.01. The highest BCUT2D eigenvalue weighted by Gasteiger charge is 2.23. The first-order valence-electron chi connectivity index (χ1n) is 5.03. The molecule has 78 valence electrons. The Bertz CT molecular complexity index is 546. The highest BCUT2D eigenvalue weighted by Crippen LogP contribution is 2.47. The van der Waals surface area contributed by atoms with Crippen molar-refractivity contribution < 1.29 is 0 Å². The smallest absolute Gasteiger partial charge is 0.0616 e. The van der Waals surface area contributed by atoms with E-state index in [0.717, 1.165) is 3.39 Å². The molecule has 2 aromatic rings. The molecule has 0 saturated carbocycles. The summed E-state index contributed by atoms with van der Waals surface area (Å²) in [4.78, 5) is 0. The Morgan fingerprint density at radius 2 is 1.00 bits per heavy atom. The Morgan fingerprint density at radius 3 is 1.38 bits per heavy atom. The number of hydrogen-bond acceptors (Lipinski definition) is 0. The molecule has 0 fully saturated rings. The Hall–Kier alpha value is -0.860. The normalized spacial score (nSPS) is 12.2. The first-order chi connectivity index (χ1) is 7.79. The zero-order valence-corrected chi connectivity index (χ0v) is 11.5. The van der Waals surface area contributed by atoms with Crippen LogP contribution in [0.3, 0.4) is 0 Å². The minimum Gasteiger partial charge on any atom is -0.0616 e. The number of hydrogen-bond donors (Lipinski definition) is 0. The molecule has 0 atom stereocenters. The lowest BCUT2D eigenvalue weighted by Gasteiger charge is -2.01. The molecule has 0 radical (unpaired) electrons. The van der Waals surface area contributed by atoms with Gasteiger partial charge in [0.25, 0.3) is 0 Å². The number of fused-ring (bicyclic) bond motifs is 3. The molecule has 0 heterocycles. The molecule has 0 saturated heterocycles. The maximum atomic E-state index is 3.54. The fourth-order valence-corrected chi connectivity index (χ4v) is 3.07. The van der Waals surface area contributed by atoms with Gasteiger partial charge in [-0.25, -0.2) is 0 Å². The van der Waals surface area contributed by atoms with Gasteiger partial charge in [-0.1, -0.05) is 48.5 Å². The summed E-state index contributed by atoms with van der Waals surface area (Å²) in [6, 6.07) is 17.0. The Morgan fingerprint density at radius 1 is 0.625 bits per heavy atom. The van der Waals surface area contributed by atoms with E-state index in [-0.39, 0.29) is 0 Å². The Labute approximate surface area is 111 Å². The molecule has 0 unspecified atom stereocenters. The average Bonchev–Trinajstić information content (AvgIpc) is 2.63. The summed E-state index contributed by atoms with van der Waals surface area (Å²) >= 11 is 7.07. The minimum atomic E-state index is 1.01. The molecule has 0 aromatic heterocycles. The van der Waals surface area contributed by atoms with Gasteiger partial charge in [-0.3, -0.25) is 0 Å². The number of halogens is 2. The predicted molar refractivity (Wildman–Crippen MR) is 75.8 cm³/mol. The Kier molecular flexibility index (Phi) is 2.49. The van der Waals surface area contributed by atoms with E-state index in [1.165, 1.54) is 27.8 Å². The van der Waals surface area contributed by atoms with Gasteiger partial charge in [0, 0.05) is 5.57 Å². The lowest BCUT2D eigenvalue weighted by atomic mass is 10.1. The lowest BCUT2D eigenvalue weighted by molar-refractivity contribution is 1.65. The van der Waals surface area contributed by atoms with Gasteiger partial charge in [-0.15, -0.1) is 0 Å². The van der Waals surface area contributed by atoms with Crippen molar-refractivity contribution >= 4 is 37.4 Å². The second-order valence-corrected chi connectivity index (χ2v) is 6.38. The van der Waals surface area contributed by atoms with Crippen LogP contribution in [0.5, 0.6) is 0 Å². The van der Waals surface area contributed by atoms with Gasteiger partial charge >= 0.3 is 0 Å². The van der Waals surface area contributed by atoms with Crippen LogP contribution in [0.2, 0.25) is 0 Å². The molecule has 0 bridgehead atoms. The Balaban J connectivity index is 2.44. The summed E-state index contributed by atoms with van der Waals surface area (Å²) in [7, 11) is 0. The molecule has 2 heteroatoms. The van der Waals surface area contributed by atoms with E-state index in [1.807, 2.05) is 0 Å². The van der Waals surface area contributed by atoms with E-state index < -0.39 is 0 Å². The van der Waals surface area contributed by atoms with Crippen molar-refractivity contribution in [1.29, 1.82) is 0 Å². The van der Waals surface area contributed by atoms with Gasteiger partial charge in [0.15, 0.2) is 0 Å². The van der Waals surface area contributed by atoms with Crippen molar-refractivity contribution in [3.8, 4) is 11.1 Å². The van der Waals surface area contributed by atoms with Gasteiger partial charge in [0.1, 0.15) is 0 Å². The molecule has 0 aliphatic heterocycles.